The monoisotopic (exact) mass is 483 g/mol. The van der Waals surface area contributed by atoms with Crippen molar-refractivity contribution < 1.29 is 9.57 Å². The molecule has 0 saturated carbocycles. The quantitative estimate of drug-likeness (QED) is 0.248. The minimum Gasteiger partial charge on any atom is -0.496 e. The van der Waals surface area contributed by atoms with Crippen molar-refractivity contribution in [1.82, 2.24) is 29.1 Å². The van der Waals surface area contributed by atoms with E-state index in [-0.39, 0.29) is 6.61 Å². The topological polar surface area (TPSA) is 91.7 Å². The van der Waals surface area contributed by atoms with Crippen LogP contribution < -0.4 is 4.74 Å². The number of fused-ring (bicyclic) bond motifs is 4. The van der Waals surface area contributed by atoms with Crippen molar-refractivity contribution in [2.75, 3.05) is 7.11 Å². The van der Waals surface area contributed by atoms with Crippen LogP contribution in [0, 0.1) is 13.8 Å². The van der Waals surface area contributed by atoms with E-state index >= 15 is 0 Å². The third-order valence-corrected chi connectivity index (χ3v) is 6.97. The van der Waals surface area contributed by atoms with Crippen LogP contribution >= 0.6 is 11.3 Å². The Bertz CT molecular complexity index is 1700. The van der Waals surface area contributed by atoms with Gasteiger partial charge in [0.1, 0.15) is 12.1 Å². The largest absolute Gasteiger partial charge is 0.496 e. The standard InChI is InChI=1S/C25H21N7O2S/c1-15-16(2)32(25-28-18-9-5-7-11-20(18)35-25)23-22(15)24-29-21(30-31(24)14-26-23)13-34-27-12-17-8-4-6-10-19(17)33-3/h4-12,14H,13H2,1-3H3/b27-12+. The van der Waals surface area contributed by atoms with Gasteiger partial charge in [-0.3, -0.25) is 4.57 Å². The molecule has 2 aromatic carbocycles. The summed E-state index contributed by atoms with van der Waals surface area (Å²) in [5.41, 5.74) is 5.49. The normalized spacial score (nSPS) is 11.9. The van der Waals surface area contributed by atoms with Crippen molar-refractivity contribution in [2.45, 2.75) is 20.5 Å². The minimum absolute atomic E-state index is 0.130. The number of hydrogen-bond acceptors (Lipinski definition) is 8. The highest BCUT2D eigenvalue weighted by Crippen LogP contribution is 2.33. The lowest BCUT2D eigenvalue weighted by Crippen LogP contribution is -1.98. The molecule has 35 heavy (non-hydrogen) atoms. The third-order valence-electron chi connectivity index (χ3n) is 5.95. The zero-order valence-corrected chi connectivity index (χ0v) is 20.2. The second-order valence-electron chi connectivity index (χ2n) is 8.00. The van der Waals surface area contributed by atoms with Gasteiger partial charge in [0.15, 0.2) is 28.9 Å². The zero-order valence-electron chi connectivity index (χ0n) is 19.3. The van der Waals surface area contributed by atoms with Gasteiger partial charge >= 0.3 is 0 Å². The number of aromatic nitrogens is 6. The molecule has 0 N–H and O–H groups in total. The molecule has 4 heterocycles. The number of para-hydroxylation sites is 2. The van der Waals surface area contributed by atoms with E-state index in [2.05, 4.69) is 34.7 Å². The summed E-state index contributed by atoms with van der Waals surface area (Å²) in [5.74, 6) is 1.24. The van der Waals surface area contributed by atoms with E-state index < -0.39 is 0 Å². The first kappa shape index (κ1) is 21.2. The fourth-order valence-corrected chi connectivity index (χ4v) is 5.14. The molecule has 0 aliphatic rings. The zero-order chi connectivity index (χ0) is 23.9. The molecule has 4 aromatic heterocycles. The Morgan fingerprint density at radius 1 is 1.03 bits per heavy atom. The smallest absolute Gasteiger partial charge is 0.196 e. The fraction of sp³-hybridized carbons (Fsp3) is 0.160. The van der Waals surface area contributed by atoms with Crippen molar-refractivity contribution >= 4 is 44.4 Å². The second-order valence-corrected chi connectivity index (χ2v) is 9.01. The lowest BCUT2D eigenvalue weighted by Gasteiger charge is -2.02. The molecule has 174 valence electrons. The van der Waals surface area contributed by atoms with Gasteiger partial charge in [-0.15, -0.1) is 5.10 Å². The highest BCUT2D eigenvalue weighted by atomic mass is 32.1. The molecule has 0 fully saturated rings. The molecule has 0 saturated heterocycles. The first-order chi connectivity index (χ1) is 17.1. The maximum absolute atomic E-state index is 5.47. The molecule has 0 unspecified atom stereocenters. The van der Waals surface area contributed by atoms with Crippen LogP contribution in [0.25, 0.3) is 32.0 Å². The van der Waals surface area contributed by atoms with Gasteiger partial charge in [0, 0.05) is 11.3 Å². The Morgan fingerprint density at radius 3 is 2.71 bits per heavy atom. The summed E-state index contributed by atoms with van der Waals surface area (Å²) in [5, 5.41) is 10.4. The lowest BCUT2D eigenvalue weighted by molar-refractivity contribution is 0.126. The number of benzene rings is 2. The van der Waals surface area contributed by atoms with Crippen molar-refractivity contribution in [3.05, 3.63) is 77.5 Å². The highest BCUT2D eigenvalue weighted by Gasteiger charge is 2.20. The average Bonchev–Trinajstić information content (AvgIpc) is 3.56. The lowest BCUT2D eigenvalue weighted by atomic mass is 10.2. The van der Waals surface area contributed by atoms with E-state index in [9.17, 15) is 0 Å². The molecule has 0 bridgehead atoms. The summed E-state index contributed by atoms with van der Waals surface area (Å²) in [6.45, 7) is 4.28. The molecule has 10 heteroatoms. The average molecular weight is 484 g/mol. The summed E-state index contributed by atoms with van der Waals surface area (Å²) < 4.78 is 10.2. The molecular formula is C25H21N7O2S. The van der Waals surface area contributed by atoms with Crippen molar-refractivity contribution in [3.8, 4) is 10.9 Å². The Hall–Kier alpha value is -4.31. The van der Waals surface area contributed by atoms with Gasteiger partial charge in [0.05, 0.1) is 28.9 Å². The molecule has 0 radical (unpaired) electrons. The SMILES string of the molecule is COc1ccccc1/C=N/OCc1nc2c3c(C)c(C)n(-c4nc5ccccc5s4)c3ncn2n1. The molecule has 0 atom stereocenters. The number of thiazole rings is 1. The molecule has 0 spiro atoms. The first-order valence-corrected chi connectivity index (χ1v) is 11.8. The van der Waals surface area contributed by atoms with Gasteiger partial charge in [0.25, 0.3) is 0 Å². The predicted octanol–water partition coefficient (Wildman–Crippen LogP) is 4.85. The summed E-state index contributed by atoms with van der Waals surface area (Å²) in [6, 6.07) is 15.7. The maximum atomic E-state index is 5.47. The van der Waals surface area contributed by atoms with E-state index in [0.717, 1.165) is 54.6 Å². The van der Waals surface area contributed by atoms with Crippen LogP contribution in [0.3, 0.4) is 0 Å². The summed E-state index contributed by atoms with van der Waals surface area (Å²) in [6.07, 6.45) is 3.29. The minimum atomic E-state index is 0.130. The first-order valence-electron chi connectivity index (χ1n) is 11.0. The molecule has 6 rings (SSSR count). The number of nitrogens with zero attached hydrogens (tertiary/aromatic N) is 7. The number of hydrogen-bond donors (Lipinski definition) is 0. The Labute approximate surface area is 204 Å². The molecule has 6 aromatic rings. The number of rotatable bonds is 6. The highest BCUT2D eigenvalue weighted by molar-refractivity contribution is 7.20. The van der Waals surface area contributed by atoms with E-state index in [0.29, 0.717) is 5.82 Å². The molecule has 0 aliphatic carbocycles. The number of oxime groups is 1. The maximum Gasteiger partial charge on any atom is 0.196 e. The fourth-order valence-electron chi connectivity index (χ4n) is 4.12. The van der Waals surface area contributed by atoms with Crippen LogP contribution in [0.2, 0.25) is 0 Å². The number of methoxy groups -OCH3 is 1. The molecule has 9 nitrogen and oxygen atoms in total. The number of ether oxygens (including phenoxy) is 1. The molecule has 0 amide bonds. The molecular weight excluding hydrogens is 462 g/mol. The molecule has 0 aliphatic heterocycles. The summed E-state index contributed by atoms with van der Waals surface area (Å²) in [7, 11) is 1.62. The van der Waals surface area contributed by atoms with Crippen molar-refractivity contribution in [3.63, 3.8) is 0 Å². The van der Waals surface area contributed by atoms with Gasteiger partial charge in [-0.25, -0.2) is 19.5 Å². The van der Waals surface area contributed by atoms with Crippen LogP contribution in [-0.4, -0.2) is 42.5 Å². The van der Waals surface area contributed by atoms with Crippen LogP contribution in [0.4, 0.5) is 0 Å². The second kappa shape index (κ2) is 8.48. The van der Waals surface area contributed by atoms with Gasteiger partial charge in [0.2, 0.25) is 0 Å². The van der Waals surface area contributed by atoms with Gasteiger partial charge in [-0.05, 0) is 43.7 Å². The van der Waals surface area contributed by atoms with Crippen LogP contribution in [0.15, 0.2) is 60.0 Å². The van der Waals surface area contributed by atoms with E-state index in [1.807, 2.05) is 42.5 Å². The predicted molar refractivity (Wildman–Crippen MR) is 136 cm³/mol. The van der Waals surface area contributed by atoms with E-state index in [1.54, 1.807) is 35.5 Å². The Morgan fingerprint density at radius 2 is 1.86 bits per heavy atom. The Balaban J connectivity index is 1.34. The van der Waals surface area contributed by atoms with E-state index in [1.165, 1.54) is 0 Å². The third kappa shape index (κ3) is 3.58. The van der Waals surface area contributed by atoms with E-state index in [4.69, 9.17) is 24.5 Å². The summed E-state index contributed by atoms with van der Waals surface area (Å²) in [4.78, 5) is 19.7. The van der Waals surface area contributed by atoms with Crippen molar-refractivity contribution in [2.24, 2.45) is 5.16 Å². The van der Waals surface area contributed by atoms with Gasteiger partial charge in [-0.2, -0.15) is 0 Å². The summed E-state index contributed by atoms with van der Waals surface area (Å²) >= 11 is 1.64. The van der Waals surface area contributed by atoms with Gasteiger partial charge < -0.3 is 9.57 Å². The van der Waals surface area contributed by atoms with Crippen LogP contribution in [-0.2, 0) is 11.4 Å². The number of aryl methyl sites for hydroxylation is 1. The Kier molecular flexibility index (Phi) is 5.14. The van der Waals surface area contributed by atoms with Gasteiger partial charge in [-0.1, -0.05) is 40.8 Å². The van der Waals surface area contributed by atoms with Crippen molar-refractivity contribution in [1.29, 1.82) is 0 Å². The van der Waals surface area contributed by atoms with Crippen LogP contribution in [0.1, 0.15) is 22.6 Å². The van der Waals surface area contributed by atoms with Crippen LogP contribution in [0.5, 0.6) is 5.75 Å².